The van der Waals surface area contributed by atoms with Crippen molar-refractivity contribution in [3.63, 3.8) is 0 Å². The zero-order valence-electron chi connectivity index (χ0n) is 12.4. The van der Waals surface area contributed by atoms with Crippen LogP contribution in [0.25, 0.3) is 10.8 Å². The van der Waals surface area contributed by atoms with E-state index in [9.17, 15) is 9.59 Å². The lowest BCUT2D eigenvalue weighted by Gasteiger charge is -2.06. The number of nitrogens with one attached hydrogen (secondary N) is 1. The average Bonchev–Trinajstić information content (AvgIpc) is 2.54. The smallest absolute Gasteiger partial charge is 0.344 e. The highest BCUT2D eigenvalue weighted by Gasteiger charge is 2.12. The van der Waals surface area contributed by atoms with E-state index in [1.807, 2.05) is 37.3 Å². The highest BCUT2D eigenvalue weighted by atomic mass is 79.9. The van der Waals surface area contributed by atoms with Crippen molar-refractivity contribution in [2.75, 3.05) is 0 Å². The van der Waals surface area contributed by atoms with E-state index in [0.717, 1.165) is 15.6 Å². The molecule has 2 aromatic carbocycles. The van der Waals surface area contributed by atoms with Crippen LogP contribution >= 0.6 is 15.9 Å². The van der Waals surface area contributed by atoms with Crippen molar-refractivity contribution in [1.82, 2.24) is 5.32 Å². The van der Waals surface area contributed by atoms with Gasteiger partial charge in [-0.05, 0) is 36.1 Å². The Bertz CT molecular complexity index is 929. The van der Waals surface area contributed by atoms with E-state index < -0.39 is 11.5 Å². The first kappa shape index (κ1) is 15.5. The van der Waals surface area contributed by atoms with Gasteiger partial charge in [-0.2, -0.15) is 0 Å². The molecule has 1 heterocycles. The number of benzene rings is 2. The average molecular weight is 372 g/mol. The topological polar surface area (TPSA) is 59.3 Å². The minimum absolute atomic E-state index is 0.0111. The second kappa shape index (κ2) is 6.38. The highest BCUT2D eigenvalue weighted by molar-refractivity contribution is 9.10. The summed E-state index contributed by atoms with van der Waals surface area (Å²) in [4.78, 5) is 24.2. The van der Waals surface area contributed by atoms with E-state index in [-0.39, 0.29) is 5.76 Å². The fourth-order valence-electron chi connectivity index (χ4n) is 2.24. The molecule has 0 saturated carbocycles. The van der Waals surface area contributed by atoms with Gasteiger partial charge in [-0.1, -0.05) is 51.8 Å². The van der Waals surface area contributed by atoms with Gasteiger partial charge in [0.2, 0.25) is 0 Å². The highest BCUT2D eigenvalue weighted by Crippen LogP contribution is 2.18. The van der Waals surface area contributed by atoms with Crippen LogP contribution in [0.3, 0.4) is 0 Å². The molecule has 3 aromatic rings. The minimum Gasteiger partial charge on any atom is -0.417 e. The number of aryl methyl sites for hydroxylation is 1. The Labute approximate surface area is 141 Å². The lowest BCUT2D eigenvalue weighted by Crippen LogP contribution is -2.24. The normalized spacial score (nSPS) is 10.7. The van der Waals surface area contributed by atoms with Gasteiger partial charge in [-0.25, -0.2) is 4.79 Å². The van der Waals surface area contributed by atoms with Gasteiger partial charge in [0.15, 0.2) is 5.76 Å². The lowest BCUT2D eigenvalue weighted by atomic mass is 10.1. The summed E-state index contributed by atoms with van der Waals surface area (Å²) in [6, 6.07) is 14.7. The molecule has 0 aliphatic carbocycles. The number of fused-ring (bicyclic) bond motifs is 1. The van der Waals surface area contributed by atoms with Crippen LogP contribution in [-0.2, 0) is 6.54 Å². The number of halogens is 1. The summed E-state index contributed by atoms with van der Waals surface area (Å²) in [6.07, 6.45) is 0. The first-order valence-corrected chi connectivity index (χ1v) is 7.89. The second-order valence-electron chi connectivity index (χ2n) is 5.30. The van der Waals surface area contributed by atoms with Crippen molar-refractivity contribution in [3.05, 3.63) is 80.3 Å². The van der Waals surface area contributed by atoms with Crippen LogP contribution in [0.5, 0.6) is 0 Å². The summed E-state index contributed by atoms with van der Waals surface area (Å²) >= 11 is 3.31. The van der Waals surface area contributed by atoms with Crippen molar-refractivity contribution >= 4 is 32.6 Å². The standard InChI is InChI=1S/C18H14BrNO3/c1-11-2-4-12(5-3-11)10-20-17(21)16-8-13-6-7-14(19)9-15(13)18(22)23-16/h2-9H,10H2,1H3,(H,20,21). The molecule has 0 bridgehead atoms. The van der Waals surface area contributed by atoms with Gasteiger partial charge in [-0.15, -0.1) is 0 Å². The number of carbonyl (C=O) groups is 1. The Morgan fingerprint density at radius 1 is 1.13 bits per heavy atom. The van der Waals surface area contributed by atoms with Gasteiger partial charge in [-0.3, -0.25) is 4.79 Å². The van der Waals surface area contributed by atoms with Crippen molar-refractivity contribution < 1.29 is 9.21 Å². The summed E-state index contributed by atoms with van der Waals surface area (Å²) in [6.45, 7) is 2.38. The van der Waals surface area contributed by atoms with Crippen molar-refractivity contribution in [3.8, 4) is 0 Å². The van der Waals surface area contributed by atoms with Crippen molar-refractivity contribution in [2.24, 2.45) is 0 Å². The predicted molar refractivity (Wildman–Crippen MR) is 92.5 cm³/mol. The van der Waals surface area contributed by atoms with E-state index >= 15 is 0 Å². The summed E-state index contributed by atoms with van der Waals surface area (Å²) in [5, 5.41) is 3.87. The molecule has 0 fully saturated rings. The van der Waals surface area contributed by atoms with Crippen LogP contribution in [0.2, 0.25) is 0 Å². The third-order valence-corrected chi connectivity index (χ3v) is 4.02. The maximum Gasteiger partial charge on any atom is 0.344 e. The minimum atomic E-state index is -0.524. The lowest BCUT2D eigenvalue weighted by molar-refractivity contribution is 0.0919. The Balaban J connectivity index is 1.82. The van der Waals surface area contributed by atoms with E-state index in [2.05, 4.69) is 21.2 Å². The zero-order chi connectivity index (χ0) is 16.4. The summed E-state index contributed by atoms with van der Waals surface area (Å²) in [5.74, 6) is -0.399. The predicted octanol–water partition coefficient (Wildman–Crippen LogP) is 3.79. The number of carbonyl (C=O) groups excluding carboxylic acids is 1. The van der Waals surface area contributed by atoms with Crippen molar-refractivity contribution in [2.45, 2.75) is 13.5 Å². The van der Waals surface area contributed by atoms with Crippen LogP contribution in [0.15, 0.2) is 62.2 Å². The monoisotopic (exact) mass is 371 g/mol. The van der Waals surface area contributed by atoms with Gasteiger partial charge in [0.05, 0.1) is 5.39 Å². The summed E-state index contributed by atoms with van der Waals surface area (Å²) in [7, 11) is 0. The second-order valence-corrected chi connectivity index (χ2v) is 6.21. The van der Waals surface area contributed by atoms with E-state index in [4.69, 9.17) is 4.42 Å². The molecule has 116 valence electrons. The molecule has 1 aromatic heterocycles. The van der Waals surface area contributed by atoms with Gasteiger partial charge in [0, 0.05) is 11.0 Å². The Morgan fingerprint density at radius 2 is 1.87 bits per heavy atom. The molecule has 0 spiro atoms. The number of hydrogen-bond donors (Lipinski definition) is 1. The molecule has 3 rings (SSSR count). The third-order valence-electron chi connectivity index (χ3n) is 3.52. The van der Waals surface area contributed by atoms with Gasteiger partial charge in [0.1, 0.15) is 0 Å². The molecule has 4 nitrogen and oxygen atoms in total. The Morgan fingerprint density at radius 3 is 2.61 bits per heavy atom. The van der Waals surface area contributed by atoms with E-state index in [1.54, 1.807) is 18.2 Å². The molecular formula is C18H14BrNO3. The molecule has 0 atom stereocenters. The maximum atomic E-state index is 12.2. The molecule has 1 N–H and O–H groups in total. The van der Waals surface area contributed by atoms with Crippen LogP contribution in [-0.4, -0.2) is 5.91 Å². The third kappa shape index (κ3) is 3.51. The maximum absolute atomic E-state index is 12.2. The molecule has 0 unspecified atom stereocenters. The molecule has 5 heteroatoms. The molecule has 0 radical (unpaired) electrons. The molecular weight excluding hydrogens is 358 g/mol. The first-order valence-electron chi connectivity index (χ1n) is 7.10. The largest absolute Gasteiger partial charge is 0.417 e. The van der Waals surface area contributed by atoms with E-state index in [0.29, 0.717) is 17.3 Å². The number of hydrogen-bond acceptors (Lipinski definition) is 3. The van der Waals surface area contributed by atoms with Crippen LogP contribution < -0.4 is 10.9 Å². The van der Waals surface area contributed by atoms with E-state index in [1.165, 1.54) is 0 Å². The molecule has 23 heavy (non-hydrogen) atoms. The first-order chi connectivity index (χ1) is 11.0. The van der Waals surface area contributed by atoms with Gasteiger partial charge in [0.25, 0.3) is 5.91 Å². The zero-order valence-corrected chi connectivity index (χ0v) is 14.0. The van der Waals surface area contributed by atoms with Crippen LogP contribution in [0.4, 0.5) is 0 Å². The quantitative estimate of drug-likeness (QED) is 0.761. The molecule has 0 saturated heterocycles. The number of rotatable bonds is 3. The molecule has 0 aliphatic heterocycles. The summed E-state index contributed by atoms with van der Waals surface area (Å²) < 4.78 is 5.91. The van der Waals surface area contributed by atoms with Crippen LogP contribution in [0, 0.1) is 6.92 Å². The fourth-order valence-corrected chi connectivity index (χ4v) is 2.61. The Kier molecular flexibility index (Phi) is 4.30. The summed E-state index contributed by atoms with van der Waals surface area (Å²) in [5.41, 5.74) is 1.62. The van der Waals surface area contributed by atoms with Crippen LogP contribution in [0.1, 0.15) is 21.7 Å². The SMILES string of the molecule is Cc1ccc(CNC(=O)c2cc3ccc(Br)cc3c(=O)o2)cc1. The van der Waals surface area contributed by atoms with Gasteiger partial charge >= 0.3 is 5.63 Å². The van der Waals surface area contributed by atoms with Crippen molar-refractivity contribution in [1.29, 1.82) is 0 Å². The number of amides is 1. The molecule has 0 aliphatic rings. The molecule has 1 amide bonds. The van der Waals surface area contributed by atoms with Gasteiger partial charge < -0.3 is 9.73 Å². The fraction of sp³-hybridized carbons (Fsp3) is 0.111. The Hall–Kier alpha value is -2.40.